The number of halogens is 2. The Morgan fingerprint density at radius 1 is 1.17 bits per heavy atom. The third kappa shape index (κ3) is 6.21. The van der Waals surface area contributed by atoms with Crippen molar-refractivity contribution in [3.8, 4) is 11.6 Å². The zero-order valence-corrected chi connectivity index (χ0v) is 21.0. The highest BCUT2D eigenvalue weighted by Crippen LogP contribution is 2.28. The lowest BCUT2D eigenvalue weighted by molar-refractivity contribution is -0.118. The quantitative estimate of drug-likeness (QED) is 0.383. The van der Waals surface area contributed by atoms with Crippen LogP contribution in [-0.4, -0.2) is 66.8 Å². The van der Waals surface area contributed by atoms with Gasteiger partial charge in [-0.2, -0.15) is 0 Å². The second kappa shape index (κ2) is 12.2. The molecule has 1 unspecified atom stereocenters. The number of rotatable bonds is 8. The second-order valence-electron chi connectivity index (χ2n) is 8.10. The Morgan fingerprint density at radius 2 is 2.06 bits per heavy atom. The van der Waals surface area contributed by atoms with Gasteiger partial charge in [-0.3, -0.25) is 9.78 Å². The number of amides is 1. The van der Waals surface area contributed by atoms with E-state index in [2.05, 4.69) is 35.8 Å². The molecule has 12 heteroatoms. The molecule has 0 aliphatic carbocycles. The zero-order chi connectivity index (χ0) is 22.6. The molecule has 1 fully saturated rings. The molecule has 1 atom stereocenters. The molecule has 0 radical (unpaired) electrons. The van der Waals surface area contributed by atoms with Gasteiger partial charge in [-0.15, -0.1) is 24.8 Å². The molecule has 0 spiro atoms. The van der Waals surface area contributed by atoms with Crippen LogP contribution < -0.4 is 30.3 Å². The van der Waals surface area contributed by atoms with Crippen LogP contribution in [0.1, 0.15) is 12.1 Å². The third-order valence-electron chi connectivity index (χ3n) is 5.85. The molecule has 10 nitrogen and oxygen atoms in total. The van der Waals surface area contributed by atoms with Crippen LogP contribution in [0.2, 0.25) is 0 Å². The number of pyridine rings is 3. The Balaban J connectivity index is 0.00000171. The fourth-order valence-corrected chi connectivity index (χ4v) is 4.19. The molecule has 3 aromatic heterocycles. The van der Waals surface area contributed by atoms with Crippen LogP contribution in [0.15, 0.2) is 36.5 Å². The second-order valence-corrected chi connectivity index (χ2v) is 8.10. The van der Waals surface area contributed by atoms with Crippen molar-refractivity contribution in [1.82, 2.24) is 25.6 Å². The summed E-state index contributed by atoms with van der Waals surface area (Å²) in [6.07, 6.45) is 2.91. The van der Waals surface area contributed by atoms with Gasteiger partial charge in [0.2, 0.25) is 5.88 Å². The highest BCUT2D eigenvalue weighted by atomic mass is 35.5. The average Bonchev–Trinajstić information content (AvgIpc) is 3.31. The summed E-state index contributed by atoms with van der Waals surface area (Å²) in [4.78, 5) is 27.3. The van der Waals surface area contributed by atoms with Gasteiger partial charge in [0, 0.05) is 51.0 Å². The van der Waals surface area contributed by atoms with Crippen molar-refractivity contribution < 1.29 is 14.3 Å². The number of hydrogen-bond acceptors (Lipinski definition) is 9. The molecule has 3 aromatic rings. The van der Waals surface area contributed by atoms with E-state index in [4.69, 9.17) is 9.47 Å². The van der Waals surface area contributed by atoms with Crippen molar-refractivity contribution in [2.45, 2.75) is 19.0 Å². The molecule has 2 aliphatic heterocycles. The van der Waals surface area contributed by atoms with Crippen molar-refractivity contribution >= 4 is 53.3 Å². The van der Waals surface area contributed by atoms with Gasteiger partial charge in [0.15, 0.2) is 18.2 Å². The van der Waals surface area contributed by atoms with Crippen molar-refractivity contribution in [3.63, 3.8) is 0 Å². The molecule has 188 valence electrons. The number of ether oxygens (including phenoxy) is 2. The number of aromatic nitrogens is 3. The highest BCUT2D eigenvalue weighted by molar-refractivity contribution is 5.94. The van der Waals surface area contributed by atoms with Gasteiger partial charge in [0.1, 0.15) is 5.52 Å². The lowest BCUT2D eigenvalue weighted by Crippen LogP contribution is -2.37. The molecule has 2 aliphatic rings. The maximum atomic E-state index is 11.5. The summed E-state index contributed by atoms with van der Waals surface area (Å²) < 4.78 is 10.6. The standard InChI is InChI=1S/C23H27N7O3.2ClH/c1-32-21-5-3-17-22(29-21)18(6-8-26-17)30-11-7-16(13-30)25-10-9-24-12-15-2-4-19-23(27-15)28-20(31)14-33-19;;/h2-6,8,16,24-25H,7,9-14H2,1H3,(H,27,28,31);2*1H. The van der Waals surface area contributed by atoms with Crippen molar-refractivity contribution in [2.24, 2.45) is 0 Å². The molecule has 5 heterocycles. The summed E-state index contributed by atoms with van der Waals surface area (Å²) >= 11 is 0. The van der Waals surface area contributed by atoms with E-state index in [-0.39, 0.29) is 37.3 Å². The first-order valence-corrected chi connectivity index (χ1v) is 11.1. The third-order valence-corrected chi connectivity index (χ3v) is 5.85. The minimum atomic E-state index is -0.176. The highest BCUT2D eigenvalue weighted by Gasteiger charge is 2.24. The number of fused-ring (bicyclic) bond motifs is 2. The van der Waals surface area contributed by atoms with E-state index < -0.39 is 0 Å². The Kier molecular flexibility index (Phi) is 9.27. The molecular formula is C23H29Cl2N7O3. The SMILES string of the molecule is COc1ccc2nccc(N3CCC(NCCNCc4ccc5c(n4)NC(=O)CO5)C3)c2n1.Cl.Cl. The topological polar surface area (TPSA) is 114 Å². The van der Waals surface area contributed by atoms with E-state index in [1.807, 2.05) is 36.5 Å². The minimum absolute atomic E-state index is 0. The van der Waals surface area contributed by atoms with E-state index in [1.54, 1.807) is 7.11 Å². The molecular weight excluding hydrogens is 493 g/mol. The molecule has 35 heavy (non-hydrogen) atoms. The first-order chi connectivity index (χ1) is 16.2. The first kappa shape index (κ1) is 26.7. The predicted molar refractivity (Wildman–Crippen MR) is 139 cm³/mol. The van der Waals surface area contributed by atoms with Crippen molar-refractivity contribution in [3.05, 3.63) is 42.2 Å². The number of carbonyl (C=O) groups is 1. The molecule has 0 bridgehead atoms. The average molecular weight is 522 g/mol. The number of anilines is 2. The van der Waals surface area contributed by atoms with Gasteiger partial charge in [-0.25, -0.2) is 9.97 Å². The summed E-state index contributed by atoms with van der Waals surface area (Å²) in [5.41, 5.74) is 3.70. The molecule has 5 rings (SSSR count). The number of carbonyl (C=O) groups excluding carboxylic acids is 1. The van der Waals surface area contributed by atoms with Gasteiger partial charge in [0.05, 0.1) is 24.0 Å². The molecule has 0 aromatic carbocycles. The normalized spacial score (nSPS) is 16.5. The van der Waals surface area contributed by atoms with Gasteiger partial charge in [-0.05, 0) is 30.7 Å². The summed E-state index contributed by atoms with van der Waals surface area (Å²) in [5, 5.41) is 9.77. The summed E-state index contributed by atoms with van der Waals surface area (Å²) in [7, 11) is 1.63. The Bertz CT molecular complexity index is 1170. The number of nitrogens with one attached hydrogen (secondary N) is 3. The fourth-order valence-electron chi connectivity index (χ4n) is 4.19. The van der Waals surface area contributed by atoms with Gasteiger partial charge in [0.25, 0.3) is 5.91 Å². The predicted octanol–water partition coefficient (Wildman–Crippen LogP) is 2.17. The van der Waals surface area contributed by atoms with E-state index in [1.165, 1.54) is 0 Å². The van der Waals surface area contributed by atoms with E-state index in [0.29, 0.717) is 30.0 Å². The van der Waals surface area contributed by atoms with Gasteiger partial charge in [-0.1, -0.05) is 0 Å². The number of hydrogen-bond donors (Lipinski definition) is 3. The zero-order valence-electron chi connectivity index (χ0n) is 19.3. The smallest absolute Gasteiger partial charge is 0.263 e. The van der Waals surface area contributed by atoms with E-state index in [9.17, 15) is 4.79 Å². The monoisotopic (exact) mass is 521 g/mol. The van der Waals surface area contributed by atoms with Crippen LogP contribution in [0.3, 0.4) is 0 Å². The van der Waals surface area contributed by atoms with Crippen LogP contribution in [0.5, 0.6) is 11.6 Å². The number of nitrogens with zero attached hydrogens (tertiary/aromatic N) is 4. The Hall–Kier alpha value is -2.92. The van der Waals surface area contributed by atoms with E-state index in [0.717, 1.165) is 55.0 Å². The van der Waals surface area contributed by atoms with Crippen LogP contribution in [-0.2, 0) is 11.3 Å². The van der Waals surface area contributed by atoms with Crippen LogP contribution in [0, 0.1) is 0 Å². The van der Waals surface area contributed by atoms with Crippen molar-refractivity contribution in [2.75, 3.05) is 50.1 Å². The Morgan fingerprint density at radius 3 is 2.91 bits per heavy atom. The van der Waals surface area contributed by atoms with Crippen LogP contribution in [0.25, 0.3) is 11.0 Å². The summed E-state index contributed by atoms with van der Waals surface area (Å²) in [6, 6.07) is 9.97. The molecule has 1 saturated heterocycles. The maximum absolute atomic E-state index is 11.5. The minimum Gasteiger partial charge on any atom is -0.481 e. The molecule has 3 N–H and O–H groups in total. The molecule has 0 saturated carbocycles. The van der Waals surface area contributed by atoms with Crippen LogP contribution >= 0.6 is 24.8 Å². The van der Waals surface area contributed by atoms with Gasteiger partial charge < -0.3 is 30.3 Å². The summed E-state index contributed by atoms with van der Waals surface area (Å²) in [5.74, 6) is 1.52. The van der Waals surface area contributed by atoms with Crippen LogP contribution in [0.4, 0.5) is 11.5 Å². The first-order valence-electron chi connectivity index (χ1n) is 11.1. The lowest BCUT2D eigenvalue weighted by Gasteiger charge is -2.20. The van der Waals surface area contributed by atoms with Crippen molar-refractivity contribution in [1.29, 1.82) is 0 Å². The summed E-state index contributed by atoms with van der Waals surface area (Å²) in [6.45, 7) is 4.22. The Labute approximate surface area is 216 Å². The van der Waals surface area contributed by atoms with E-state index >= 15 is 0 Å². The fraction of sp³-hybridized carbons (Fsp3) is 0.391. The number of methoxy groups -OCH3 is 1. The van der Waals surface area contributed by atoms with Gasteiger partial charge >= 0.3 is 0 Å². The maximum Gasteiger partial charge on any atom is 0.263 e. The molecule has 1 amide bonds. The largest absolute Gasteiger partial charge is 0.481 e. The lowest BCUT2D eigenvalue weighted by atomic mass is 10.2.